The van der Waals surface area contributed by atoms with E-state index in [2.05, 4.69) is 5.16 Å². The lowest BCUT2D eigenvalue weighted by Gasteiger charge is -2.18. The Morgan fingerprint density at radius 2 is 1.62 bits per heavy atom. The number of allylic oxidation sites excluding steroid dienone is 6. The molecule has 0 amide bonds. The zero-order valence-electron chi connectivity index (χ0n) is 14.5. The van der Waals surface area contributed by atoms with Gasteiger partial charge in [-0.15, -0.1) is 0 Å². The molecule has 132 valence electrons. The van der Waals surface area contributed by atoms with Crippen LogP contribution in [0.4, 0.5) is 0 Å². The summed E-state index contributed by atoms with van der Waals surface area (Å²) in [6, 6.07) is 6.40. The molecule has 0 saturated carbocycles. The van der Waals surface area contributed by atoms with E-state index in [0.29, 0.717) is 16.9 Å². The number of ketones is 3. The van der Waals surface area contributed by atoms with Crippen LogP contribution in [0.2, 0.25) is 0 Å². The zero-order valence-corrected chi connectivity index (χ0v) is 15.3. The summed E-state index contributed by atoms with van der Waals surface area (Å²) >= 11 is 6.06. The number of hydrogen-bond acceptors (Lipinski definition) is 5. The number of carbonyl (C=O) groups excluding carboxylic acids is 3. The highest BCUT2D eigenvalue weighted by Gasteiger charge is 2.33. The molecule has 6 heteroatoms. The third-order valence-electron chi connectivity index (χ3n) is 4.20. The van der Waals surface area contributed by atoms with Gasteiger partial charge in [0.05, 0.1) is 0 Å². The molecule has 5 nitrogen and oxygen atoms in total. The predicted molar refractivity (Wildman–Crippen MR) is 98.2 cm³/mol. The van der Waals surface area contributed by atoms with Gasteiger partial charge in [-0.2, -0.15) is 0 Å². The van der Waals surface area contributed by atoms with E-state index >= 15 is 0 Å². The Bertz CT molecular complexity index is 964. The van der Waals surface area contributed by atoms with Crippen molar-refractivity contribution in [1.82, 2.24) is 0 Å². The Labute approximate surface area is 155 Å². The molecule has 26 heavy (non-hydrogen) atoms. The van der Waals surface area contributed by atoms with Crippen molar-refractivity contribution in [2.75, 3.05) is 0 Å². The first-order valence-corrected chi connectivity index (χ1v) is 8.47. The fraction of sp³-hybridized carbons (Fsp3) is 0.200. The number of benzene rings is 1. The monoisotopic (exact) mass is 369 g/mol. The molecular weight excluding hydrogens is 354 g/mol. The summed E-state index contributed by atoms with van der Waals surface area (Å²) in [7, 11) is 0. The van der Waals surface area contributed by atoms with Crippen molar-refractivity contribution in [2.24, 2.45) is 11.1 Å². The third-order valence-corrected chi connectivity index (χ3v) is 4.55. The summed E-state index contributed by atoms with van der Waals surface area (Å²) in [6.45, 7) is 5.51. The number of rotatable bonds is 3. The van der Waals surface area contributed by atoms with Crippen LogP contribution in [-0.2, 0) is 9.63 Å². The second kappa shape index (κ2) is 6.84. The molecule has 0 atom stereocenters. The Hall–Kier alpha value is -2.79. The van der Waals surface area contributed by atoms with Crippen molar-refractivity contribution in [3.05, 3.63) is 69.5 Å². The van der Waals surface area contributed by atoms with Crippen LogP contribution >= 0.6 is 11.6 Å². The third kappa shape index (κ3) is 3.06. The Morgan fingerprint density at radius 3 is 2.23 bits per heavy atom. The Kier molecular flexibility index (Phi) is 4.74. The smallest absolute Gasteiger partial charge is 0.233 e. The molecule has 0 N–H and O–H groups in total. The van der Waals surface area contributed by atoms with E-state index in [1.807, 2.05) is 13.8 Å². The summed E-state index contributed by atoms with van der Waals surface area (Å²) in [5, 5.41) is 3.70. The van der Waals surface area contributed by atoms with Gasteiger partial charge < -0.3 is 4.84 Å². The number of halogens is 1. The maximum absolute atomic E-state index is 12.6. The Balaban J connectivity index is 1.98. The van der Waals surface area contributed by atoms with Crippen molar-refractivity contribution in [1.29, 1.82) is 0 Å². The predicted octanol–water partition coefficient (Wildman–Crippen LogP) is 4.00. The lowest BCUT2D eigenvalue weighted by atomic mass is 9.90. The SMILES string of the molecule is CC1=CC(=NOC2=C(Cl)C(=O)c3ccccc3C2=O)C(C(C)C)=CC1=O. The highest BCUT2D eigenvalue weighted by Crippen LogP contribution is 2.30. The molecular formula is C20H16ClNO4. The molecule has 3 rings (SSSR count). The summed E-state index contributed by atoms with van der Waals surface area (Å²) in [4.78, 5) is 42.1. The van der Waals surface area contributed by atoms with E-state index in [-0.39, 0.29) is 33.6 Å². The topological polar surface area (TPSA) is 72.8 Å². The van der Waals surface area contributed by atoms with E-state index in [1.165, 1.54) is 12.1 Å². The van der Waals surface area contributed by atoms with Crippen LogP contribution < -0.4 is 0 Å². The molecule has 0 fully saturated rings. The normalized spacial score (nSPS) is 19.0. The van der Waals surface area contributed by atoms with Gasteiger partial charge in [-0.1, -0.05) is 54.9 Å². The lowest BCUT2D eigenvalue weighted by Crippen LogP contribution is -2.21. The molecule has 0 aromatic heterocycles. The van der Waals surface area contributed by atoms with Crippen molar-refractivity contribution >= 4 is 34.7 Å². The molecule has 0 radical (unpaired) electrons. The molecule has 2 aliphatic rings. The van der Waals surface area contributed by atoms with E-state index < -0.39 is 11.6 Å². The Morgan fingerprint density at radius 1 is 1.00 bits per heavy atom. The lowest BCUT2D eigenvalue weighted by molar-refractivity contribution is -0.111. The molecule has 0 saturated heterocycles. The molecule has 1 aromatic rings. The van der Waals surface area contributed by atoms with Gasteiger partial charge in [-0.25, -0.2) is 0 Å². The van der Waals surface area contributed by atoms with Gasteiger partial charge in [0.15, 0.2) is 5.78 Å². The highest BCUT2D eigenvalue weighted by atomic mass is 35.5. The van der Waals surface area contributed by atoms with Crippen LogP contribution in [0.5, 0.6) is 0 Å². The molecule has 0 heterocycles. The van der Waals surface area contributed by atoms with Crippen molar-refractivity contribution in [3.8, 4) is 0 Å². The first kappa shape index (κ1) is 18.0. The van der Waals surface area contributed by atoms with Gasteiger partial charge in [-0.3, -0.25) is 14.4 Å². The number of fused-ring (bicyclic) bond motifs is 1. The quantitative estimate of drug-likeness (QED) is 0.596. The number of carbonyl (C=O) groups is 3. The summed E-state index contributed by atoms with van der Waals surface area (Å²) < 4.78 is 0. The van der Waals surface area contributed by atoms with Gasteiger partial charge in [0, 0.05) is 11.1 Å². The van der Waals surface area contributed by atoms with Gasteiger partial charge >= 0.3 is 0 Å². The van der Waals surface area contributed by atoms with Crippen molar-refractivity contribution in [2.45, 2.75) is 20.8 Å². The summed E-state index contributed by atoms with van der Waals surface area (Å²) in [5.74, 6) is -1.37. The number of hydrogen-bond donors (Lipinski definition) is 0. The molecule has 0 spiro atoms. The number of nitrogens with zero attached hydrogens (tertiary/aromatic N) is 1. The van der Waals surface area contributed by atoms with Crippen molar-refractivity contribution < 1.29 is 19.2 Å². The summed E-state index contributed by atoms with van der Waals surface area (Å²) in [6.07, 6.45) is 3.09. The average Bonchev–Trinajstić information content (AvgIpc) is 2.62. The average molecular weight is 370 g/mol. The molecule has 0 bridgehead atoms. The van der Waals surface area contributed by atoms with E-state index in [1.54, 1.807) is 31.2 Å². The second-order valence-electron chi connectivity index (χ2n) is 6.36. The molecule has 0 unspecified atom stereocenters. The minimum absolute atomic E-state index is 0.0273. The fourth-order valence-electron chi connectivity index (χ4n) is 2.73. The maximum Gasteiger partial charge on any atom is 0.233 e. The van der Waals surface area contributed by atoms with Crippen LogP contribution in [0.25, 0.3) is 0 Å². The van der Waals surface area contributed by atoms with Crippen LogP contribution in [-0.4, -0.2) is 23.1 Å². The van der Waals surface area contributed by atoms with E-state index in [0.717, 1.165) is 0 Å². The standard InChI is InChI=1S/C20H16ClNO4/c1-10(2)14-9-16(23)11(3)8-15(14)22-26-20-17(21)18(24)12-6-4-5-7-13(12)19(20)25/h4-10H,1-3H3. The fourth-order valence-corrected chi connectivity index (χ4v) is 2.95. The van der Waals surface area contributed by atoms with Gasteiger partial charge in [0.1, 0.15) is 10.7 Å². The van der Waals surface area contributed by atoms with Gasteiger partial charge in [0.2, 0.25) is 17.3 Å². The van der Waals surface area contributed by atoms with Crippen LogP contribution in [0.15, 0.2) is 63.5 Å². The first-order chi connectivity index (χ1) is 12.3. The minimum Gasteiger partial charge on any atom is -0.350 e. The largest absolute Gasteiger partial charge is 0.350 e. The first-order valence-electron chi connectivity index (χ1n) is 8.09. The van der Waals surface area contributed by atoms with Gasteiger partial charge in [0.25, 0.3) is 0 Å². The minimum atomic E-state index is -0.503. The number of Topliss-reactive ketones (excluding diaryl/α,β-unsaturated/α-hetero) is 2. The van der Waals surface area contributed by atoms with Crippen molar-refractivity contribution in [3.63, 3.8) is 0 Å². The van der Waals surface area contributed by atoms with E-state index in [4.69, 9.17) is 16.4 Å². The van der Waals surface area contributed by atoms with Crippen LogP contribution in [0, 0.1) is 5.92 Å². The maximum atomic E-state index is 12.6. The van der Waals surface area contributed by atoms with Crippen LogP contribution in [0.3, 0.4) is 0 Å². The summed E-state index contributed by atoms with van der Waals surface area (Å²) in [5.41, 5.74) is 2.08. The number of oxime groups is 1. The van der Waals surface area contributed by atoms with Crippen LogP contribution in [0.1, 0.15) is 41.5 Å². The highest BCUT2D eigenvalue weighted by molar-refractivity contribution is 6.49. The molecule has 2 aliphatic carbocycles. The zero-order chi connectivity index (χ0) is 19.0. The second-order valence-corrected chi connectivity index (χ2v) is 6.74. The molecule has 0 aliphatic heterocycles. The van der Waals surface area contributed by atoms with Gasteiger partial charge in [-0.05, 0) is 36.1 Å². The van der Waals surface area contributed by atoms with E-state index in [9.17, 15) is 14.4 Å². The molecule has 1 aromatic carbocycles.